The number of rotatable bonds is 4. The van der Waals surface area contributed by atoms with E-state index in [2.05, 4.69) is 20.9 Å². The molecule has 0 aliphatic carbocycles. The van der Waals surface area contributed by atoms with Gasteiger partial charge in [0.05, 0.1) is 4.90 Å². The summed E-state index contributed by atoms with van der Waals surface area (Å²) in [6.07, 6.45) is 1.80. The second-order valence-electron chi connectivity index (χ2n) is 6.08. The van der Waals surface area contributed by atoms with Gasteiger partial charge in [0, 0.05) is 27.1 Å². The topological polar surface area (TPSA) is 49.9 Å². The van der Waals surface area contributed by atoms with E-state index in [1.807, 2.05) is 54.6 Å². The van der Waals surface area contributed by atoms with Crippen LogP contribution < -0.4 is 0 Å². The Bertz CT molecular complexity index is 1150. The number of halogens is 1. The molecule has 1 N–H and O–H groups in total. The highest BCUT2D eigenvalue weighted by Gasteiger charge is 2.32. The zero-order valence-corrected chi connectivity index (χ0v) is 16.2. The maximum Gasteiger partial charge on any atom is 0.189 e. The van der Waals surface area contributed by atoms with Crippen molar-refractivity contribution in [3.8, 4) is 0 Å². The Balaban J connectivity index is 1.98. The number of hydrogen-bond acceptors (Lipinski definition) is 2. The van der Waals surface area contributed by atoms with Gasteiger partial charge in [-0.25, -0.2) is 8.42 Å². The molecule has 0 spiro atoms. The standard InChI is InChI=1S/C21H16BrNO2S/c22-16-12-10-15(11-13-16)21(26(24,25)17-6-2-1-3-7-17)19-14-23-20-9-5-4-8-18(19)20/h1-14,21,23H. The van der Waals surface area contributed by atoms with Gasteiger partial charge in [0.2, 0.25) is 0 Å². The normalized spacial score (nSPS) is 13.0. The number of H-pyrrole nitrogens is 1. The number of hydrogen-bond donors (Lipinski definition) is 1. The summed E-state index contributed by atoms with van der Waals surface area (Å²) in [5.41, 5.74) is 2.42. The van der Waals surface area contributed by atoms with Crippen molar-refractivity contribution >= 4 is 36.7 Å². The van der Waals surface area contributed by atoms with Gasteiger partial charge in [0.1, 0.15) is 5.25 Å². The van der Waals surface area contributed by atoms with Gasteiger partial charge in [-0.2, -0.15) is 0 Å². The van der Waals surface area contributed by atoms with E-state index in [9.17, 15) is 8.42 Å². The maximum atomic E-state index is 13.5. The van der Waals surface area contributed by atoms with Crippen LogP contribution in [0.25, 0.3) is 10.9 Å². The number of benzene rings is 3. The first-order valence-electron chi connectivity index (χ1n) is 8.18. The summed E-state index contributed by atoms with van der Waals surface area (Å²) in [6.45, 7) is 0. The molecule has 1 unspecified atom stereocenters. The van der Waals surface area contributed by atoms with E-state index >= 15 is 0 Å². The van der Waals surface area contributed by atoms with Crippen LogP contribution in [-0.4, -0.2) is 13.4 Å². The van der Waals surface area contributed by atoms with Gasteiger partial charge >= 0.3 is 0 Å². The van der Waals surface area contributed by atoms with Gasteiger partial charge in [-0.3, -0.25) is 0 Å². The average molecular weight is 426 g/mol. The Morgan fingerprint density at radius 1 is 0.808 bits per heavy atom. The van der Waals surface area contributed by atoms with Gasteiger partial charge in [0.15, 0.2) is 9.84 Å². The quantitative estimate of drug-likeness (QED) is 0.469. The lowest BCUT2D eigenvalue weighted by Crippen LogP contribution is -2.15. The molecule has 4 rings (SSSR count). The van der Waals surface area contributed by atoms with Gasteiger partial charge < -0.3 is 4.98 Å². The molecule has 0 bridgehead atoms. The molecular weight excluding hydrogens is 410 g/mol. The van der Waals surface area contributed by atoms with Crippen LogP contribution >= 0.6 is 15.9 Å². The van der Waals surface area contributed by atoms with Crippen molar-refractivity contribution in [2.45, 2.75) is 10.1 Å². The van der Waals surface area contributed by atoms with Crippen molar-refractivity contribution in [3.63, 3.8) is 0 Å². The first-order valence-corrected chi connectivity index (χ1v) is 10.5. The minimum absolute atomic E-state index is 0.318. The lowest BCUT2D eigenvalue weighted by molar-refractivity contribution is 0.589. The van der Waals surface area contributed by atoms with Crippen LogP contribution in [0.1, 0.15) is 16.4 Å². The van der Waals surface area contributed by atoms with Crippen LogP contribution in [0.4, 0.5) is 0 Å². The number of aromatic amines is 1. The fourth-order valence-electron chi connectivity index (χ4n) is 3.22. The van der Waals surface area contributed by atoms with E-state index in [4.69, 9.17) is 0 Å². The average Bonchev–Trinajstić information content (AvgIpc) is 3.08. The molecular formula is C21H16BrNO2S. The molecule has 4 aromatic rings. The van der Waals surface area contributed by atoms with Crippen LogP contribution in [-0.2, 0) is 9.84 Å². The van der Waals surface area contributed by atoms with Gasteiger partial charge in [-0.05, 0) is 35.9 Å². The van der Waals surface area contributed by atoms with Crippen molar-refractivity contribution < 1.29 is 8.42 Å². The number of sulfone groups is 1. The van der Waals surface area contributed by atoms with Crippen molar-refractivity contribution in [3.05, 3.63) is 101 Å². The molecule has 1 aromatic heterocycles. The van der Waals surface area contributed by atoms with Crippen LogP contribution in [0.3, 0.4) is 0 Å². The van der Waals surface area contributed by atoms with Gasteiger partial charge in [-0.15, -0.1) is 0 Å². The number of fused-ring (bicyclic) bond motifs is 1. The molecule has 0 aliphatic rings. The fourth-order valence-corrected chi connectivity index (χ4v) is 5.34. The van der Waals surface area contributed by atoms with Crippen LogP contribution in [0, 0.1) is 0 Å². The summed E-state index contributed by atoms with van der Waals surface area (Å²) in [5.74, 6) is 0. The summed E-state index contributed by atoms with van der Waals surface area (Å²) in [4.78, 5) is 3.52. The number of aromatic nitrogens is 1. The number of nitrogens with one attached hydrogen (secondary N) is 1. The first-order chi connectivity index (χ1) is 12.6. The van der Waals surface area contributed by atoms with Gasteiger partial charge in [-0.1, -0.05) is 64.5 Å². The van der Waals surface area contributed by atoms with E-state index in [1.54, 1.807) is 30.5 Å². The predicted octanol–water partition coefficient (Wildman–Crippen LogP) is 5.49. The molecule has 26 heavy (non-hydrogen) atoms. The lowest BCUT2D eigenvalue weighted by atomic mass is 10.0. The monoisotopic (exact) mass is 425 g/mol. The first kappa shape index (κ1) is 17.1. The summed E-state index contributed by atoms with van der Waals surface area (Å²) in [5, 5.41) is 0.133. The second kappa shape index (κ2) is 6.74. The Morgan fingerprint density at radius 3 is 2.19 bits per heavy atom. The molecule has 0 saturated heterocycles. The van der Waals surface area contributed by atoms with E-state index in [-0.39, 0.29) is 0 Å². The predicted molar refractivity (Wildman–Crippen MR) is 108 cm³/mol. The Labute approximate surface area is 160 Å². The van der Waals surface area contributed by atoms with Crippen LogP contribution in [0.15, 0.2) is 94.4 Å². The molecule has 0 aliphatic heterocycles. The molecule has 1 atom stereocenters. The van der Waals surface area contributed by atoms with Gasteiger partial charge in [0.25, 0.3) is 0 Å². The van der Waals surface area contributed by atoms with E-state index in [0.717, 1.165) is 26.5 Å². The third-order valence-corrected chi connectivity index (χ3v) is 7.06. The third kappa shape index (κ3) is 2.97. The maximum absolute atomic E-state index is 13.5. The van der Waals surface area contributed by atoms with Crippen molar-refractivity contribution in [2.24, 2.45) is 0 Å². The van der Waals surface area contributed by atoms with E-state index in [1.165, 1.54) is 0 Å². The molecule has 0 amide bonds. The van der Waals surface area contributed by atoms with Crippen molar-refractivity contribution in [1.29, 1.82) is 0 Å². The highest BCUT2D eigenvalue weighted by molar-refractivity contribution is 9.10. The zero-order valence-electron chi connectivity index (χ0n) is 13.8. The summed E-state index contributed by atoms with van der Waals surface area (Å²) < 4.78 is 28.0. The molecule has 3 nitrogen and oxygen atoms in total. The number of para-hydroxylation sites is 1. The molecule has 0 fully saturated rings. The van der Waals surface area contributed by atoms with E-state index < -0.39 is 15.1 Å². The van der Waals surface area contributed by atoms with Crippen LogP contribution in [0.2, 0.25) is 0 Å². The molecule has 0 saturated carbocycles. The minimum atomic E-state index is -3.62. The summed E-state index contributed by atoms with van der Waals surface area (Å²) in [6, 6.07) is 23.8. The second-order valence-corrected chi connectivity index (χ2v) is 9.03. The van der Waals surface area contributed by atoms with Crippen LogP contribution in [0.5, 0.6) is 0 Å². The SMILES string of the molecule is O=S(=O)(c1ccccc1)C(c1ccc(Br)cc1)c1c[nH]c2ccccc12. The molecule has 3 aromatic carbocycles. The molecule has 0 radical (unpaired) electrons. The fraction of sp³-hybridized carbons (Fsp3) is 0.0476. The summed E-state index contributed by atoms with van der Waals surface area (Å²) in [7, 11) is -3.62. The molecule has 1 heterocycles. The highest BCUT2D eigenvalue weighted by Crippen LogP contribution is 2.38. The highest BCUT2D eigenvalue weighted by atomic mass is 79.9. The molecule has 130 valence electrons. The van der Waals surface area contributed by atoms with E-state index in [0.29, 0.717) is 4.90 Å². The smallest absolute Gasteiger partial charge is 0.189 e. The minimum Gasteiger partial charge on any atom is -0.361 e. The molecule has 5 heteroatoms. The third-order valence-electron chi connectivity index (χ3n) is 4.46. The summed E-state index contributed by atoms with van der Waals surface area (Å²) >= 11 is 3.42. The Kier molecular flexibility index (Phi) is 4.42. The zero-order chi connectivity index (χ0) is 18.1. The Morgan fingerprint density at radius 2 is 1.46 bits per heavy atom. The van der Waals surface area contributed by atoms with Crippen molar-refractivity contribution in [1.82, 2.24) is 4.98 Å². The lowest BCUT2D eigenvalue weighted by Gasteiger charge is -2.18. The Hall–Kier alpha value is -2.37. The van der Waals surface area contributed by atoms with Crippen molar-refractivity contribution in [2.75, 3.05) is 0 Å². The largest absolute Gasteiger partial charge is 0.361 e.